The van der Waals surface area contributed by atoms with E-state index >= 15 is 0 Å². The van der Waals surface area contributed by atoms with Crippen LogP contribution in [0.4, 0.5) is 11.6 Å². The lowest BCUT2D eigenvalue weighted by molar-refractivity contribution is -0.132. The summed E-state index contributed by atoms with van der Waals surface area (Å²) >= 11 is 5.86. The lowest BCUT2D eigenvalue weighted by atomic mass is 9.88. The molecule has 2 aliphatic rings. The molecular formula is C23H26ClN9O2. The van der Waals surface area contributed by atoms with Crippen LogP contribution >= 0.6 is 11.6 Å². The normalized spacial score (nSPS) is 18.1. The number of aliphatic imine (C=N–C) groups is 1. The number of piperidine rings is 1. The number of hydrogen-bond donors (Lipinski definition) is 5. The Hall–Kier alpha value is -3.86. The summed E-state index contributed by atoms with van der Waals surface area (Å²) in [5.41, 5.74) is 13.1. The molecule has 2 saturated heterocycles. The van der Waals surface area contributed by atoms with Gasteiger partial charge >= 0.3 is 5.91 Å². The first-order chi connectivity index (χ1) is 16.8. The van der Waals surface area contributed by atoms with Crippen molar-refractivity contribution in [1.29, 1.82) is 0 Å². The average molecular weight is 496 g/mol. The number of carbonyl (C=O) groups excluding carboxylic acids is 2. The van der Waals surface area contributed by atoms with Crippen LogP contribution < -0.4 is 22.1 Å². The van der Waals surface area contributed by atoms with E-state index < -0.39 is 5.91 Å². The van der Waals surface area contributed by atoms with Crippen LogP contribution in [0.1, 0.15) is 35.3 Å². The van der Waals surface area contributed by atoms with Crippen molar-refractivity contribution in [3.63, 3.8) is 0 Å². The maximum Gasteiger partial charge on any atom is 0.302 e. The molecule has 0 unspecified atom stereocenters. The Morgan fingerprint density at radius 3 is 2.71 bits per heavy atom. The third-order valence-electron chi connectivity index (χ3n) is 6.65. The Morgan fingerprint density at radius 1 is 1.14 bits per heavy atom. The molecule has 2 amide bonds. The summed E-state index contributed by atoms with van der Waals surface area (Å²) in [6, 6.07) is 8.10. The minimum Gasteiger partial charge on any atom is -0.382 e. The first-order valence-corrected chi connectivity index (χ1v) is 11.8. The number of likely N-dealkylation sites (tertiary alicyclic amines) is 1. The van der Waals surface area contributed by atoms with Crippen LogP contribution in [0.3, 0.4) is 0 Å². The maximum absolute atomic E-state index is 12.8. The SMILES string of the molecule is Nc1nc(N)c(C(=O)/N=C2\NCC3(CCN(C(=O)CCc4c[nH]c5ccccc45)CC3)N2)nc1Cl. The molecule has 4 heterocycles. The number of nitrogens with zero attached hydrogens (tertiary/aromatic N) is 4. The number of anilines is 2. The molecule has 0 atom stereocenters. The molecule has 0 bridgehead atoms. The van der Waals surface area contributed by atoms with Gasteiger partial charge in [0.05, 0.1) is 5.54 Å². The summed E-state index contributed by atoms with van der Waals surface area (Å²) in [6.07, 6.45) is 4.62. The number of aromatic amines is 1. The number of hydrogen-bond acceptors (Lipinski definition) is 6. The third-order valence-corrected chi connectivity index (χ3v) is 6.93. The second-order valence-corrected chi connectivity index (χ2v) is 9.26. The van der Waals surface area contributed by atoms with E-state index in [2.05, 4.69) is 36.6 Å². The highest BCUT2D eigenvalue weighted by molar-refractivity contribution is 6.31. The predicted molar refractivity (Wildman–Crippen MR) is 134 cm³/mol. The number of nitrogen functional groups attached to an aromatic ring is 2. The first kappa shape index (κ1) is 22.9. The molecule has 182 valence electrons. The summed E-state index contributed by atoms with van der Waals surface area (Å²) in [6.45, 7) is 1.86. The van der Waals surface area contributed by atoms with Crippen LogP contribution in [-0.4, -0.2) is 62.8 Å². The Bertz CT molecular complexity index is 1330. The number of aryl methyl sites for hydroxylation is 1. The summed E-state index contributed by atoms with van der Waals surface area (Å²) in [7, 11) is 0. The molecule has 12 heteroatoms. The number of nitrogens with one attached hydrogen (secondary N) is 3. The van der Waals surface area contributed by atoms with Gasteiger partial charge in [0, 0.05) is 43.2 Å². The number of amides is 2. The van der Waals surface area contributed by atoms with E-state index in [9.17, 15) is 9.59 Å². The average Bonchev–Trinajstić information content (AvgIpc) is 3.44. The van der Waals surface area contributed by atoms with Gasteiger partial charge in [0.1, 0.15) is 0 Å². The number of aromatic nitrogens is 3. The minimum absolute atomic E-state index is 0.0489. The van der Waals surface area contributed by atoms with Crippen LogP contribution in [0.15, 0.2) is 35.5 Å². The largest absolute Gasteiger partial charge is 0.382 e. The number of halogens is 1. The Labute approximate surface area is 206 Å². The minimum atomic E-state index is -0.672. The Morgan fingerprint density at radius 2 is 1.91 bits per heavy atom. The molecule has 1 aromatic carbocycles. The van der Waals surface area contributed by atoms with Crippen molar-refractivity contribution in [3.05, 3.63) is 46.9 Å². The Balaban J connectivity index is 1.16. The van der Waals surface area contributed by atoms with Gasteiger partial charge in [-0.25, -0.2) is 9.97 Å². The summed E-state index contributed by atoms with van der Waals surface area (Å²) < 4.78 is 0. The number of rotatable bonds is 4. The number of nitrogens with two attached hydrogens (primary N) is 2. The van der Waals surface area contributed by atoms with Gasteiger partial charge in [0.25, 0.3) is 0 Å². The number of H-pyrrole nitrogens is 1. The molecule has 0 saturated carbocycles. The van der Waals surface area contributed by atoms with Crippen LogP contribution in [0.25, 0.3) is 10.9 Å². The number of benzene rings is 1. The van der Waals surface area contributed by atoms with Gasteiger partial charge < -0.3 is 32.0 Å². The fourth-order valence-electron chi connectivity index (χ4n) is 4.64. The van der Waals surface area contributed by atoms with Crippen LogP contribution in [0.5, 0.6) is 0 Å². The monoisotopic (exact) mass is 495 g/mol. The fraction of sp³-hybridized carbons (Fsp3) is 0.348. The molecule has 5 rings (SSSR count). The quantitative estimate of drug-likeness (QED) is 0.362. The van der Waals surface area contributed by atoms with E-state index in [4.69, 9.17) is 23.1 Å². The highest BCUT2D eigenvalue weighted by atomic mass is 35.5. The van der Waals surface area contributed by atoms with Crippen molar-refractivity contribution in [2.75, 3.05) is 31.1 Å². The maximum atomic E-state index is 12.8. The lowest BCUT2D eigenvalue weighted by Gasteiger charge is -2.38. The zero-order valence-corrected chi connectivity index (χ0v) is 19.7. The second-order valence-electron chi connectivity index (χ2n) is 8.90. The van der Waals surface area contributed by atoms with Crippen molar-refractivity contribution in [2.24, 2.45) is 4.99 Å². The van der Waals surface area contributed by atoms with Crippen LogP contribution in [-0.2, 0) is 11.2 Å². The molecule has 2 aromatic heterocycles. The third kappa shape index (κ3) is 4.59. The van der Waals surface area contributed by atoms with Crippen LogP contribution in [0, 0.1) is 0 Å². The highest BCUT2D eigenvalue weighted by Gasteiger charge is 2.40. The van der Waals surface area contributed by atoms with Crippen molar-refractivity contribution in [2.45, 2.75) is 31.2 Å². The van der Waals surface area contributed by atoms with E-state index in [-0.39, 0.29) is 33.9 Å². The van der Waals surface area contributed by atoms with Gasteiger partial charge in [-0.15, -0.1) is 0 Å². The molecule has 35 heavy (non-hydrogen) atoms. The smallest absolute Gasteiger partial charge is 0.302 e. The number of carbonyl (C=O) groups is 2. The second kappa shape index (κ2) is 9.06. The predicted octanol–water partition coefficient (Wildman–Crippen LogP) is 1.46. The standard InChI is InChI=1S/C23H26ClN9O2/c24-18-20(26)30-19(25)17(29-18)21(35)31-22-28-12-23(32-22)7-9-33(10-8-23)16(34)6-5-13-11-27-15-4-2-1-3-14(13)15/h1-4,11,27H,5-10,12H2,(H4,25,26,30)(H2,28,31,32,35). The van der Waals surface area contributed by atoms with Crippen molar-refractivity contribution < 1.29 is 9.59 Å². The van der Waals surface area contributed by atoms with Crippen molar-refractivity contribution in [3.8, 4) is 0 Å². The van der Waals surface area contributed by atoms with E-state index in [1.165, 1.54) is 0 Å². The summed E-state index contributed by atoms with van der Waals surface area (Å²) in [5, 5.41) is 7.51. The van der Waals surface area contributed by atoms with E-state index in [1.54, 1.807) is 0 Å². The van der Waals surface area contributed by atoms with Gasteiger partial charge in [-0.2, -0.15) is 4.99 Å². The number of fused-ring (bicyclic) bond motifs is 1. The number of para-hydroxylation sites is 1. The molecule has 2 fully saturated rings. The fourth-order valence-corrected chi connectivity index (χ4v) is 4.76. The molecule has 11 nitrogen and oxygen atoms in total. The van der Waals surface area contributed by atoms with Gasteiger partial charge in [-0.3, -0.25) is 9.59 Å². The summed E-state index contributed by atoms with van der Waals surface area (Å²) in [5.74, 6) is -0.368. The van der Waals surface area contributed by atoms with Gasteiger partial charge in [-0.05, 0) is 30.9 Å². The summed E-state index contributed by atoms with van der Waals surface area (Å²) in [4.78, 5) is 42.3. The topological polar surface area (TPSA) is 167 Å². The van der Waals surface area contributed by atoms with Gasteiger partial charge in [0.2, 0.25) is 5.91 Å². The Kier molecular flexibility index (Phi) is 5.93. The molecule has 0 radical (unpaired) electrons. The zero-order chi connectivity index (χ0) is 24.6. The van der Waals surface area contributed by atoms with E-state index in [0.717, 1.165) is 29.3 Å². The van der Waals surface area contributed by atoms with E-state index in [0.29, 0.717) is 38.4 Å². The lowest BCUT2D eigenvalue weighted by Crippen LogP contribution is -2.53. The highest BCUT2D eigenvalue weighted by Crippen LogP contribution is 2.26. The number of guanidine groups is 1. The van der Waals surface area contributed by atoms with Crippen molar-refractivity contribution in [1.82, 2.24) is 30.5 Å². The molecule has 3 aromatic rings. The molecule has 2 aliphatic heterocycles. The molecule has 7 N–H and O–H groups in total. The molecule has 0 aliphatic carbocycles. The first-order valence-electron chi connectivity index (χ1n) is 11.4. The van der Waals surface area contributed by atoms with Gasteiger partial charge in [0.15, 0.2) is 28.4 Å². The zero-order valence-electron chi connectivity index (χ0n) is 19.0. The molecule has 1 spiro atoms. The van der Waals surface area contributed by atoms with E-state index in [1.807, 2.05) is 29.3 Å². The van der Waals surface area contributed by atoms with Gasteiger partial charge in [-0.1, -0.05) is 29.8 Å². The van der Waals surface area contributed by atoms with Crippen molar-refractivity contribution >= 4 is 51.9 Å². The van der Waals surface area contributed by atoms with Crippen LogP contribution in [0.2, 0.25) is 5.15 Å². The molecular weight excluding hydrogens is 470 g/mol.